The number of carbonyl (C=O) groups is 2. The second-order valence-electron chi connectivity index (χ2n) is 4.62. The van der Waals surface area contributed by atoms with Gasteiger partial charge in [-0.2, -0.15) is 0 Å². The molecule has 0 radical (unpaired) electrons. The molecule has 0 bridgehead atoms. The lowest BCUT2D eigenvalue weighted by atomic mass is 9.85. The SMILES string of the molecule is CCOC(=O)C(C)(Cc1cccc(OC)n1)C(=O)OCC. The molecular weight excluding hydrogens is 274 g/mol. The molecule has 0 aliphatic rings. The Bertz CT molecular complexity index is 483. The Kier molecular flexibility index (Phi) is 6.14. The molecule has 1 heterocycles. The Balaban J connectivity index is 3.06. The number of hydrogen-bond donors (Lipinski definition) is 0. The lowest BCUT2D eigenvalue weighted by Gasteiger charge is -2.24. The Morgan fingerprint density at radius 1 is 1.14 bits per heavy atom. The summed E-state index contributed by atoms with van der Waals surface area (Å²) >= 11 is 0. The molecule has 0 saturated carbocycles. The number of rotatable bonds is 7. The van der Waals surface area contributed by atoms with Crippen LogP contribution in [-0.4, -0.2) is 37.2 Å². The molecule has 1 aromatic rings. The van der Waals surface area contributed by atoms with E-state index in [9.17, 15) is 9.59 Å². The minimum Gasteiger partial charge on any atom is -0.481 e. The van der Waals surface area contributed by atoms with Crippen LogP contribution in [0.2, 0.25) is 0 Å². The summed E-state index contributed by atoms with van der Waals surface area (Å²) < 4.78 is 15.1. The van der Waals surface area contributed by atoms with Gasteiger partial charge in [0.2, 0.25) is 5.88 Å². The average molecular weight is 295 g/mol. The quantitative estimate of drug-likeness (QED) is 0.563. The van der Waals surface area contributed by atoms with Crippen molar-refractivity contribution in [1.82, 2.24) is 4.98 Å². The third-order valence-corrected chi connectivity index (χ3v) is 2.98. The average Bonchev–Trinajstić information content (AvgIpc) is 2.47. The van der Waals surface area contributed by atoms with Crippen molar-refractivity contribution in [3.63, 3.8) is 0 Å². The molecule has 6 nitrogen and oxygen atoms in total. The normalized spacial score (nSPS) is 10.9. The van der Waals surface area contributed by atoms with Crippen molar-refractivity contribution in [2.24, 2.45) is 5.41 Å². The molecule has 0 amide bonds. The molecule has 0 fully saturated rings. The fourth-order valence-corrected chi connectivity index (χ4v) is 1.84. The molecule has 0 spiro atoms. The van der Waals surface area contributed by atoms with Crippen LogP contribution in [0.1, 0.15) is 26.5 Å². The second-order valence-corrected chi connectivity index (χ2v) is 4.62. The molecule has 0 saturated heterocycles. The topological polar surface area (TPSA) is 74.7 Å². The standard InChI is InChI=1S/C15H21NO5/c1-5-20-13(17)15(3,14(18)21-6-2)10-11-8-7-9-12(16-11)19-4/h7-9H,5-6,10H2,1-4H3. The number of carbonyl (C=O) groups excluding carboxylic acids is 2. The minimum absolute atomic E-state index is 0.0852. The first-order valence-corrected chi connectivity index (χ1v) is 6.82. The zero-order chi connectivity index (χ0) is 15.9. The maximum Gasteiger partial charge on any atom is 0.323 e. The summed E-state index contributed by atoms with van der Waals surface area (Å²) in [7, 11) is 1.50. The van der Waals surface area contributed by atoms with E-state index in [2.05, 4.69) is 4.98 Å². The molecule has 0 aliphatic carbocycles. The van der Waals surface area contributed by atoms with Crippen molar-refractivity contribution in [3.05, 3.63) is 23.9 Å². The van der Waals surface area contributed by atoms with E-state index in [-0.39, 0.29) is 19.6 Å². The number of methoxy groups -OCH3 is 1. The summed E-state index contributed by atoms with van der Waals surface area (Å²) in [5, 5.41) is 0. The summed E-state index contributed by atoms with van der Waals surface area (Å²) in [5.41, 5.74) is -0.872. The lowest BCUT2D eigenvalue weighted by molar-refractivity contribution is -0.170. The molecule has 0 unspecified atom stereocenters. The largest absolute Gasteiger partial charge is 0.481 e. The van der Waals surface area contributed by atoms with Gasteiger partial charge in [0, 0.05) is 18.2 Å². The fourth-order valence-electron chi connectivity index (χ4n) is 1.84. The molecule has 21 heavy (non-hydrogen) atoms. The second kappa shape index (κ2) is 7.61. The predicted octanol–water partition coefficient (Wildman–Crippen LogP) is 1.77. The third kappa shape index (κ3) is 4.18. The van der Waals surface area contributed by atoms with Crippen molar-refractivity contribution >= 4 is 11.9 Å². The van der Waals surface area contributed by atoms with Crippen molar-refractivity contribution in [2.75, 3.05) is 20.3 Å². The van der Waals surface area contributed by atoms with Crippen LogP contribution in [-0.2, 0) is 25.5 Å². The van der Waals surface area contributed by atoms with Crippen LogP contribution in [0, 0.1) is 5.41 Å². The van der Waals surface area contributed by atoms with Gasteiger partial charge in [0.05, 0.1) is 20.3 Å². The van der Waals surface area contributed by atoms with Crippen LogP contribution in [0.5, 0.6) is 5.88 Å². The van der Waals surface area contributed by atoms with Crippen LogP contribution >= 0.6 is 0 Å². The molecule has 1 aromatic heterocycles. The highest BCUT2D eigenvalue weighted by Gasteiger charge is 2.44. The highest BCUT2D eigenvalue weighted by Crippen LogP contribution is 2.26. The Hall–Kier alpha value is -2.11. The molecule has 1 rings (SSSR count). The molecule has 0 aromatic carbocycles. The molecule has 6 heteroatoms. The summed E-state index contributed by atoms with van der Waals surface area (Å²) in [4.78, 5) is 28.5. The van der Waals surface area contributed by atoms with Gasteiger partial charge in [0.15, 0.2) is 5.41 Å². The van der Waals surface area contributed by atoms with Gasteiger partial charge in [-0.05, 0) is 26.8 Å². The Morgan fingerprint density at radius 2 is 1.71 bits per heavy atom. The maximum atomic E-state index is 12.2. The highest BCUT2D eigenvalue weighted by molar-refractivity contribution is 5.99. The van der Waals surface area contributed by atoms with Gasteiger partial charge in [0.25, 0.3) is 0 Å². The van der Waals surface area contributed by atoms with Gasteiger partial charge in [-0.1, -0.05) is 6.07 Å². The summed E-state index contributed by atoms with van der Waals surface area (Å²) in [6.07, 6.45) is 0.0852. The summed E-state index contributed by atoms with van der Waals surface area (Å²) in [5.74, 6) is -0.816. The first-order valence-electron chi connectivity index (χ1n) is 6.82. The van der Waals surface area contributed by atoms with Crippen molar-refractivity contribution in [2.45, 2.75) is 27.2 Å². The Labute approximate surface area is 124 Å². The van der Waals surface area contributed by atoms with E-state index in [0.29, 0.717) is 11.6 Å². The molecule has 0 N–H and O–H groups in total. The first kappa shape index (κ1) is 16.9. The zero-order valence-electron chi connectivity index (χ0n) is 12.8. The van der Waals surface area contributed by atoms with E-state index in [1.807, 2.05) is 0 Å². The summed E-state index contributed by atoms with van der Waals surface area (Å²) in [6, 6.07) is 5.16. The van der Waals surface area contributed by atoms with E-state index in [0.717, 1.165) is 0 Å². The molecule has 116 valence electrons. The maximum absolute atomic E-state index is 12.2. The third-order valence-electron chi connectivity index (χ3n) is 2.98. The molecular formula is C15H21NO5. The van der Waals surface area contributed by atoms with Crippen molar-refractivity contribution in [1.29, 1.82) is 0 Å². The van der Waals surface area contributed by atoms with Gasteiger partial charge in [0.1, 0.15) is 0 Å². The highest BCUT2D eigenvalue weighted by atomic mass is 16.6. The van der Waals surface area contributed by atoms with E-state index < -0.39 is 17.4 Å². The number of aromatic nitrogens is 1. The smallest absolute Gasteiger partial charge is 0.323 e. The van der Waals surface area contributed by atoms with E-state index >= 15 is 0 Å². The predicted molar refractivity (Wildman–Crippen MR) is 75.9 cm³/mol. The number of hydrogen-bond acceptors (Lipinski definition) is 6. The monoisotopic (exact) mass is 295 g/mol. The Morgan fingerprint density at radius 3 is 2.19 bits per heavy atom. The van der Waals surface area contributed by atoms with Gasteiger partial charge >= 0.3 is 11.9 Å². The molecule has 0 aliphatic heterocycles. The minimum atomic E-state index is -1.43. The van der Waals surface area contributed by atoms with Gasteiger partial charge in [-0.15, -0.1) is 0 Å². The first-order chi connectivity index (χ1) is 9.97. The lowest BCUT2D eigenvalue weighted by Crippen LogP contribution is -2.41. The zero-order valence-corrected chi connectivity index (χ0v) is 12.8. The van der Waals surface area contributed by atoms with Crippen molar-refractivity contribution in [3.8, 4) is 5.88 Å². The van der Waals surface area contributed by atoms with Gasteiger partial charge in [-0.3, -0.25) is 9.59 Å². The molecule has 0 atom stereocenters. The van der Waals surface area contributed by atoms with Gasteiger partial charge in [-0.25, -0.2) is 4.98 Å². The van der Waals surface area contributed by atoms with Crippen LogP contribution in [0.25, 0.3) is 0 Å². The number of pyridine rings is 1. The van der Waals surface area contributed by atoms with E-state index in [1.165, 1.54) is 14.0 Å². The summed E-state index contributed by atoms with van der Waals surface area (Å²) in [6.45, 7) is 5.27. The van der Waals surface area contributed by atoms with Crippen LogP contribution in [0.3, 0.4) is 0 Å². The van der Waals surface area contributed by atoms with Gasteiger partial charge < -0.3 is 14.2 Å². The number of ether oxygens (including phenoxy) is 3. The van der Waals surface area contributed by atoms with Crippen LogP contribution in [0.4, 0.5) is 0 Å². The fraction of sp³-hybridized carbons (Fsp3) is 0.533. The van der Waals surface area contributed by atoms with Crippen LogP contribution in [0.15, 0.2) is 18.2 Å². The number of nitrogens with zero attached hydrogens (tertiary/aromatic N) is 1. The van der Waals surface area contributed by atoms with E-state index in [1.54, 1.807) is 32.0 Å². The van der Waals surface area contributed by atoms with Crippen LogP contribution < -0.4 is 4.74 Å². The number of esters is 2. The van der Waals surface area contributed by atoms with Crippen molar-refractivity contribution < 1.29 is 23.8 Å². The van der Waals surface area contributed by atoms with E-state index in [4.69, 9.17) is 14.2 Å².